The number of anilines is 1. The molecule has 21 heavy (non-hydrogen) atoms. The zero-order chi connectivity index (χ0) is 15.4. The summed E-state index contributed by atoms with van der Waals surface area (Å²) >= 11 is 5.80. The van der Waals surface area contributed by atoms with Crippen LogP contribution in [0.1, 0.15) is 26.7 Å². The molecule has 1 N–H and O–H groups in total. The minimum atomic E-state index is -0.960. The number of hydrogen-bond acceptors (Lipinski definition) is 2. The predicted molar refractivity (Wildman–Crippen MR) is 77.6 cm³/mol. The van der Waals surface area contributed by atoms with Gasteiger partial charge in [0, 0.05) is 0 Å². The van der Waals surface area contributed by atoms with Crippen LogP contribution in [-0.4, -0.2) is 23.4 Å². The van der Waals surface area contributed by atoms with E-state index in [-0.39, 0.29) is 28.4 Å². The lowest BCUT2D eigenvalue weighted by molar-refractivity contribution is -0.138. The second-order valence-corrected chi connectivity index (χ2v) is 6.30. The van der Waals surface area contributed by atoms with Gasteiger partial charge in [-0.15, -0.1) is 0 Å². The molecule has 1 aromatic carbocycles. The Hall–Kier alpha value is -1.62. The van der Waals surface area contributed by atoms with Crippen molar-refractivity contribution in [2.45, 2.75) is 38.3 Å². The minimum Gasteiger partial charge on any atom is -0.340 e. The molecule has 1 aliphatic heterocycles. The zero-order valence-electron chi connectivity index (χ0n) is 11.8. The van der Waals surface area contributed by atoms with Gasteiger partial charge in [-0.2, -0.15) is 0 Å². The Kier molecular flexibility index (Phi) is 3.20. The zero-order valence-corrected chi connectivity index (χ0v) is 12.6. The molecule has 2 atom stereocenters. The fraction of sp³-hybridized carbons (Fsp3) is 0.467. The maximum absolute atomic E-state index is 14.3. The quantitative estimate of drug-likeness (QED) is 0.912. The summed E-state index contributed by atoms with van der Waals surface area (Å²) in [6, 6.07) is 3.69. The van der Waals surface area contributed by atoms with Crippen LogP contribution in [0.5, 0.6) is 0 Å². The molecule has 1 saturated heterocycles. The van der Waals surface area contributed by atoms with Crippen molar-refractivity contribution in [3.05, 3.63) is 29.0 Å². The van der Waals surface area contributed by atoms with E-state index in [1.165, 1.54) is 17.0 Å². The molecule has 2 amide bonds. The van der Waals surface area contributed by atoms with Gasteiger partial charge in [0.2, 0.25) is 5.91 Å². The van der Waals surface area contributed by atoms with Crippen molar-refractivity contribution in [3.8, 4) is 0 Å². The van der Waals surface area contributed by atoms with Gasteiger partial charge in [-0.25, -0.2) is 4.39 Å². The summed E-state index contributed by atoms with van der Waals surface area (Å²) in [6.07, 6.45) is 1.78. The number of rotatable bonds is 2. The molecule has 1 heterocycles. The molecular weight excluding hydrogens is 295 g/mol. The maximum atomic E-state index is 14.3. The summed E-state index contributed by atoms with van der Waals surface area (Å²) in [4.78, 5) is 26.3. The first kappa shape index (κ1) is 14.3. The molecule has 0 radical (unpaired) electrons. The Morgan fingerprint density at radius 3 is 2.67 bits per heavy atom. The van der Waals surface area contributed by atoms with Crippen LogP contribution in [0, 0.1) is 11.7 Å². The summed E-state index contributed by atoms with van der Waals surface area (Å²) in [5, 5.41) is 2.74. The number of halogens is 2. The molecule has 4 nitrogen and oxygen atoms in total. The summed E-state index contributed by atoms with van der Waals surface area (Å²) < 4.78 is 14.3. The largest absolute Gasteiger partial charge is 0.340 e. The molecule has 0 bridgehead atoms. The number of nitrogens with one attached hydrogen (secondary N) is 1. The topological polar surface area (TPSA) is 49.4 Å². The first-order valence-electron chi connectivity index (χ1n) is 6.96. The highest BCUT2D eigenvalue weighted by molar-refractivity contribution is 6.31. The van der Waals surface area contributed by atoms with Crippen LogP contribution in [-0.2, 0) is 9.59 Å². The number of benzene rings is 1. The van der Waals surface area contributed by atoms with E-state index in [4.69, 9.17) is 11.6 Å². The monoisotopic (exact) mass is 310 g/mol. The third-order valence-electron chi connectivity index (χ3n) is 4.40. The van der Waals surface area contributed by atoms with Crippen LogP contribution in [0.15, 0.2) is 18.2 Å². The average molecular weight is 311 g/mol. The number of amides is 2. The molecule has 0 aromatic heterocycles. The van der Waals surface area contributed by atoms with E-state index in [0.29, 0.717) is 0 Å². The average Bonchev–Trinajstić information content (AvgIpc) is 3.26. The SMILES string of the molecule is CC1C(=O)NC(C)(C2CC2)C(=O)N1c1cccc(Cl)c1F. The summed E-state index contributed by atoms with van der Waals surface area (Å²) in [7, 11) is 0. The van der Waals surface area contributed by atoms with Crippen LogP contribution in [0.4, 0.5) is 10.1 Å². The number of piperazine rings is 1. The van der Waals surface area contributed by atoms with Crippen LogP contribution in [0.2, 0.25) is 5.02 Å². The standard InChI is InChI=1S/C15H16ClFN2O2/c1-8-13(20)18-15(2,9-6-7-9)14(21)19(8)11-5-3-4-10(16)12(11)17/h3-5,8-9H,6-7H2,1-2H3,(H,18,20). The van der Waals surface area contributed by atoms with Gasteiger partial charge in [-0.3, -0.25) is 14.5 Å². The van der Waals surface area contributed by atoms with E-state index in [1.54, 1.807) is 19.9 Å². The Balaban J connectivity index is 2.08. The van der Waals surface area contributed by atoms with Gasteiger partial charge in [0.25, 0.3) is 5.91 Å². The van der Waals surface area contributed by atoms with E-state index in [1.807, 2.05) is 0 Å². The molecule has 6 heteroatoms. The second kappa shape index (κ2) is 4.70. The Bertz CT molecular complexity index is 632. The highest BCUT2D eigenvalue weighted by Gasteiger charge is 2.55. The van der Waals surface area contributed by atoms with Crippen molar-refractivity contribution >= 4 is 29.1 Å². The lowest BCUT2D eigenvalue weighted by Crippen LogP contribution is -2.70. The maximum Gasteiger partial charge on any atom is 0.253 e. The van der Waals surface area contributed by atoms with Crippen molar-refractivity contribution in [2.24, 2.45) is 5.92 Å². The molecule has 2 unspecified atom stereocenters. The van der Waals surface area contributed by atoms with E-state index in [9.17, 15) is 14.0 Å². The van der Waals surface area contributed by atoms with Gasteiger partial charge in [0.15, 0.2) is 5.82 Å². The summed E-state index contributed by atoms with van der Waals surface area (Å²) in [5.74, 6) is -1.11. The smallest absolute Gasteiger partial charge is 0.253 e. The molecule has 0 spiro atoms. The van der Waals surface area contributed by atoms with Crippen molar-refractivity contribution in [3.63, 3.8) is 0 Å². The predicted octanol–water partition coefficient (Wildman–Crippen LogP) is 2.50. The number of nitrogens with zero attached hydrogens (tertiary/aromatic N) is 1. The Morgan fingerprint density at radius 1 is 1.38 bits per heavy atom. The van der Waals surface area contributed by atoms with E-state index < -0.39 is 17.4 Å². The number of carbonyl (C=O) groups excluding carboxylic acids is 2. The first-order valence-corrected chi connectivity index (χ1v) is 7.33. The van der Waals surface area contributed by atoms with E-state index in [0.717, 1.165) is 12.8 Å². The lowest BCUT2D eigenvalue weighted by Gasteiger charge is -2.43. The molecular formula is C15H16ClFN2O2. The van der Waals surface area contributed by atoms with Gasteiger partial charge in [0.05, 0.1) is 10.7 Å². The third-order valence-corrected chi connectivity index (χ3v) is 4.69. The van der Waals surface area contributed by atoms with E-state index >= 15 is 0 Å². The van der Waals surface area contributed by atoms with Crippen molar-refractivity contribution in [2.75, 3.05) is 4.90 Å². The number of carbonyl (C=O) groups is 2. The van der Waals surface area contributed by atoms with Crippen LogP contribution in [0.3, 0.4) is 0 Å². The van der Waals surface area contributed by atoms with Gasteiger partial charge in [-0.05, 0) is 44.7 Å². The van der Waals surface area contributed by atoms with Gasteiger partial charge in [-0.1, -0.05) is 17.7 Å². The van der Waals surface area contributed by atoms with Crippen molar-refractivity contribution < 1.29 is 14.0 Å². The fourth-order valence-corrected chi connectivity index (χ4v) is 3.06. The third kappa shape index (κ3) is 2.11. The lowest BCUT2D eigenvalue weighted by atomic mass is 9.89. The molecule has 1 saturated carbocycles. The van der Waals surface area contributed by atoms with Crippen LogP contribution < -0.4 is 10.2 Å². The molecule has 1 aromatic rings. The summed E-state index contributed by atoms with van der Waals surface area (Å²) in [6.45, 7) is 3.30. The van der Waals surface area contributed by atoms with Crippen molar-refractivity contribution in [1.29, 1.82) is 0 Å². The van der Waals surface area contributed by atoms with Gasteiger partial charge in [0.1, 0.15) is 11.6 Å². The second-order valence-electron chi connectivity index (χ2n) is 5.89. The highest BCUT2D eigenvalue weighted by atomic mass is 35.5. The van der Waals surface area contributed by atoms with Crippen LogP contribution >= 0.6 is 11.6 Å². The highest BCUT2D eigenvalue weighted by Crippen LogP contribution is 2.43. The summed E-state index contributed by atoms with van der Waals surface area (Å²) in [5.41, 5.74) is -0.903. The van der Waals surface area contributed by atoms with Crippen LogP contribution in [0.25, 0.3) is 0 Å². The van der Waals surface area contributed by atoms with Crippen molar-refractivity contribution in [1.82, 2.24) is 5.32 Å². The fourth-order valence-electron chi connectivity index (χ4n) is 2.89. The Morgan fingerprint density at radius 2 is 2.05 bits per heavy atom. The minimum absolute atomic E-state index is 0.0572. The van der Waals surface area contributed by atoms with Gasteiger partial charge >= 0.3 is 0 Å². The first-order chi connectivity index (χ1) is 9.86. The molecule has 112 valence electrons. The molecule has 1 aliphatic carbocycles. The van der Waals surface area contributed by atoms with E-state index in [2.05, 4.69) is 5.32 Å². The molecule has 2 fully saturated rings. The Labute approximate surface area is 127 Å². The normalized spacial score (nSPS) is 29.5. The molecule has 3 rings (SSSR count). The number of hydrogen-bond donors (Lipinski definition) is 1. The molecule has 2 aliphatic rings. The van der Waals surface area contributed by atoms with Gasteiger partial charge < -0.3 is 5.32 Å².